The highest BCUT2D eigenvalue weighted by Crippen LogP contribution is 2.09. The third kappa shape index (κ3) is 2.30. The quantitative estimate of drug-likeness (QED) is 0.703. The molecular formula is C11H9ClN2. The Kier molecular flexibility index (Phi) is 2.75. The molecule has 0 amide bonds. The van der Waals surface area contributed by atoms with E-state index in [0.29, 0.717) is 5.15 Å². The topological polar surface area (TPSA) is 25.8 Å². The van der Waals surface area contributed by atoms with E-state index in [0.717, 1.165) is 12.1 Å². The molecule has 2 nitrogen and oxygen atoms in total. The molecule has 70 valence electrons. The largest absolute Gasteiger partial charge is 0.265 e. The summed E-state index contributed by atoms with van der Waals surface area (Å²) in [7, 11) is 0. The molecule has 0 saturated carbocycles. The second-order valence-corrected chi connectivity index (χ2v) is 3.37. The second kappa shape index (κ2) is 4.20. The molecule has 0 aromatic carbocycles. The number of hydrogen-bond acceptors (Lipinski definition) is 2. The minimum Gasteiger partial charge on any atom is -0.265 e. The number of nitrogens with zero attached hydrogens (tertiary/aromatic N) is 2. The van der Waals surface area contributed by atoms with E-state index in [9.17, 15) is 0 Å². The molecule has 0 atom stereocenters. The van der Waals surface area contributed by atoms with E-state index < -0.39 is 0 Å². The third-order valence-corrected chi connectivity index (χ3v) is 2.12. The zero-order chi connectivity index (χ0) is 9.80. The first-order valence-corrected chi connectivity index (χ1v) is 4.73. The van der Waals surface area contributed by atoms with Crippen LogP contribution >= 0.6 is 11.6 Å². The molecule has 0 aliphatic rings. The Morgan fingerprint density at radius 2 is 1.86 bits per heavy atom. The lowest BCUT2D eigenvalue weighted by Gasteiger charge is -2.00. The average Bonchev–Trinajstić information content (AvgIpc) is 2.19. The summed E-state index contributed by atoms with van der Waals surface area (Å²) in [6.45, 7) is 0. The van der Waals surface area contributed by atoms with E-state index in [1.165, 1.54) is 5.56 Å². The van der Waals surface area contributed by atoms with Gasteiger partial charge < -0.3 is 0 Å². The predicted octanol–water partition coefficient (Wildman–Crippen LogP) is 2.72. The van der Waals surface area contributed by atoms with Gasteiger partial charge in [0.2, 0.25) is 0 Å². The van der Waals surface area contributed by atoms with Crippen LogP contribution in [0.2, 0.25) is 5.15 Å². The average molecular weight is 205 g/mol. The Morgan fingerprint density at radius 1 is 1.07 bits per heavy atom. The monoisotopic (exact) mass is 204 g/mol. The van der Waals surface area contributed by atoms with Gasteiger partial charge in [0.15, 0.2) is 0 Å². The fourth-order valence-electron chi connectivity index (χ4n) is 1.26. The van der Waals surface area contributed by atoms with Gasteiger partial charge in [-0.25, -0.2) is 4.98 Å². The maximum absolute atomic E-state index is 5.79. The molecular weight excluding hydrogens is 196 g/mol. The van der Waals surface area contributed by atoms with Crippen molar-refractivity contribution in [2.75, 3.05) is 0 Å². The summed E-state index contributed by atoms with van der Waals surface area (Å²) in [5.41, 5.74) is 2.17. The van der Waals surface area contributed by atoms with Crippen molar-refractivity contribution in [1.29, 1.82) is 0 Å². The molecule has 2 heterocycles. The Morgan fingerprint density at radius 3 is 2.57 bits per heavy atom. The Labute approximate surface area is 87.6 Å². The number of pyridine rings is 2. The van der Waals surface area contributed by atoms with E-state index in [-0.39, 0.29) is 0 Å². The molecule has 0 aliphatic heterocycles. The molecule has 3 heteroatoms. The van der Waals surface area contributed by atoms with Gasteiger partial charge in [-0.3, -0.25) is 4.98 Å². The molecule has 0 N–H and O–H groups in total. The van der Waals surface area contributed by atoms with Crippen molar-refractivity contribution in [2.24, 2.45) is 0 Å². The summed E-state index contributed by atoms with van der Waals surface area (Å²) < 4.78 is 0. The first kappa shape index (κ1) is 9.16. The molecule has 2 aromatic rings. The molecule has 0 radical (unpaired) electrons. The van der Waals surface area contributed by atoms with Crippen LogP contribution in [0.5, 0.6) is 0 Å². The molecule has 2 aromatic heterocycles. The van der Waals surface area contributed by atoms with Crippen molar-refractivity contribution in [3.05, 3.63) is 59.1 Å². The molecule has 0 spiro atoms. The standard InChI is InChI=1S/C11H9ClN2/c12-11-3-1-2-10(14-11)8-9-4-6-13-7-5-9/h1-7H,8H2. The van der Waals surface area contributed by atoms with Gasteiger partial charge in [-0.05, 0) is 29.8 Å². The predicted molar refractivity (Wildman–Crippen MR) is 56.3 cm³/mol. The first-order chi connectivity index (χ1) is 6.84. The van der Waals surface area contributed by atoms with Gasteiger partial charge in [0.25, 0.3) is 0 Å². The summed E-state index contributed by atoms with van der Waals surface area (Å²) in [5, 5.41) is 0.538. The van der Waals surface area contributed by atoms with E-state index >= 15 is 0 Å². The summed E-state index contributed by atoms with van der Waals surface area (Å²) in [6, 6.07) is 9.60. The fraction of sp³-hybridized carbons (Fsp3) is 0.0909. The normalized spacial score (nSPS) is 10.1. The molecule has 14 heavy (non-hydrogen) atoms. The van der Waals surface area contributed by atoms with Crippen LogP contribution in [-0.2, 0) is 6.42 Å². The molecule has 2 rings (SSSR count). The number of rotatable bonds is 2. The molecule has 0 unspecified atom stereocenters. The highest BCUT2D eigenvalue weighted by Gasteiger charge is 1.97. The Bertz CT molecular complexity index is 415. The fourth-order valence-corrected chi connectivity index (χ4v) is 1.44. The van der Waals surface area contributed by atoms with Crippen LogP contribution in [0.4, 0.5) is 0 Å². The van der Waals surface area contributed by atoms with Crippen molar-refractivity contribution < 1.29 is 0 Å². The molecule has 0 aliphatic carbocycles. The van der Waals surface area contributed by atoms with Gasteiger partial charge in [-0.15, -0.1) is 0 Å². The van der Waals surface area contributed by atoms with E-state index in [1.807, 2.05) is 24.3 Å². The Balaban J connectivity index is 2.19. The van der Waals surface area contributed by atoms with E-state index in [1.54, 1.807) is 18.5 Å². The van der Waals surface area contributed by atoms with Crippen LogP contribution in [0.15, 0.2) is 42.7 Å². The summed E-state index contributed by atoms with van der Waals surface area (Å²) in [5.74, 6) is 0. The number of hydrogen-bond donors (Lipinski definition) is 0. The lowest BCUT2D eigenvalue weighted by atomic mass is 10.1. The van der Waals surface area contributed by atoms with E-state index in [2.05, 4.69) is 9.97 Å². The van der Waals surface area contributed by atoms with Gasteiger partial charge in [0, 0.05) is 24.5 Å². The van der Waals surface area contributed by atoms with Crippen molar-refractivity contribution in [3.8, 4) is 0 Å². The molecule has 0 saturated heterocycles. The van der Waals surface area contributed by atoms with Gasteiger partial charge >= 0.3 is 0 Å². The Hall–Kier alpha value is -1.41. The lowest BCUT2D eigenvalue weighted by molar-refractivity contribution is 1.07. The van der Waals surface area contributed by atoms with Crippen LogP contribution in [0.3, 0.4) is 0 Å². The van der Waals surface area contributed by atoms with Crippen LogP contribution in [-0.4, -0.2) is 9.97 Å². The van der Waals surface area contributed by atoms with Crippen molar-refractivity contribution in [3.63, 3.8) is 0 Å². The summed E-state index contributed by atoms with van der Waals surface area (Å²) in [6.07, 6.45) is 4.35. The summed E-state index contributed by atoms with van der Waals surface area (Å²) >= 11 is 5.79. The lowest BCUT2D eigenvalue weighted by Crippen LogP contribution is -1.91. The molecule has 0 fully saturated rings. The summed E-state index contributed by atoms with van der Waals surface area (Å²) in [4.78, 5) is 8.17. The third-order valence-electron chi connectivity index (χ3n) is 1.91. The second-order valence-electron chi connectivity index (χ2n) is 2.98. The zero-order valence-corrected chi connectivity index (χ0v) is 8.28. The van der Waals surface area contributed by atoms with Crippen molar-refractivity contribution in [1.82, 2.24) is 9.97 Å². The highest BCUT2D eigenvalue weighted by molar-refractivity contribution is 6.29. The minimum absolute atomic E-state index is 0.538. The number of halogens is 1. The van der Waals surface area contributed by atoms with Crippen LogP contribution < -0.4 is 0 Å². The SMILES string of the molecule is Clc1cccc(Cc2ccncc2)n1. The van der Waals surface area contributed by atoms with Crippen molar-refractivity contribution >= 4 is 11.6 Å². The highest BCUT2D eigenvalue weighted by atomic mass is 35.5. The smallest absolute Gasteiger partial charge is 0.129 e. The van der Waals surface area contributed by atoms with Gasteiger partial charge in [0.1, 0.15) is 5.15 Å². The van der Waals surface area contributed by atoms with Gasteiger partial charge in [0.05, 0.1) is 0 Å². The minimum atomic E-state index is 0.538. The van der Waals surface area contributed by atoms with Crippen LogP contribution in [0.25, 0.3) is 0 Å². The maximum Gasteiger partial charge on any atom is 0.129 e. The first-order valence-electron chi connectivity index (χ1n) is 4.35. The maximum atomic E-state index is 5.79. The van der Waals surface area contributed by atoms with Gasteiger partial charge in [-0.1, -0.05) is 17.7 Å². The van der Waals surface area contributed by atoms with Crippen LogP contribution in [0, 0.1) is 0 Å². The van der Waals surface area contributed by atoms with Crippen molar-refractivity contribution in [2.45, 2.75) is 6.42 Å². The van der Waals surface area contributed by atoms with Gasteiger partial charge in [-0.2, -0.15) is 0 Å². The molecule has 0 bridgehead atoms. The zero-order valence-electron chi connectivity index (χ0n) is 7.52. The van der Waals surface area contributed by atoms with Crippen LogP contribution in [0.1, 0.15) is 11.3 Å². The van der Waals surface area contributed by atoms with E-state index in [4.69, 9.17) is 11.6 Å². The number of aromatic nitrogens is 2.